The van der Waals surface area contributed by atoms with Crippen LogP contribution in [0.4, 0.5) is 5.69 Å². The van der Waals surface area contributed by atoms with E-state index in [0.717, 1.165) is 0 Å². The van der Waals surface area contributed by atoms with Crippen molar-refractivity contribution in [2.45, 2.75) is 25.3 Å². The summed E-state index contributed by atoms with van der Waals surface area (Å²) in [5.41, 5.74) is 1.18. The molecule has 22 heavy (non-hydrogen) atoms. The second kappa shape index (κ2) is 5.65. The van der Waals surface area contributed by atoms with E-state index in [1.54, 1.807) is 6.92 Å². The molecule has 6 heteroatoms. The lowest BCUT2D eigenvalue weighted by Crippen LogP contribution is -2.44. The number of ether oxygens (including phenoxy) is 1. The summed E-state index contributed by atoms with van der Waals surface area (Å²) < 4.78 is 5.12. The monoisotopic (exact) mass is 320 g/mol. The molecule has 2 aliphatic rings. The minimum atomic E-state index is -1.25. The second-order valence-electron chi connectivity index (χ2n) is 5.40. The van der Waals surface area contributed by atoms with Crippen LogP contribution in [0.3, 0.4) is 0 Å². The highest BCUT2D eigenvalue weighted by Gasteiger charge is 2.43. The Morgan fingerprint density at radius 3 is 2.91 bits per heavy atom. The largest absolute Gasteiger partial charge is 0.545 e. The van der Waals surface area contributed by atoms with Crippen LogP contribution in [0.15, 0.2) is 24.3 Å². The molecule has 0 unspecified atom stereocenters. The molecule has 3 rings (SSSR count). The van der Waals surface area contributed by atoms with Gasteiger partial charge in [-0.25, -0.2) is 4.79 Å². The van der Waals surface area contributed by atoms with Gasteiger partial charge in [0.2, 0.25) is 0 Å². The molecule has 1 aliphatic carbocycles. The number of allylic oxidation sites excluding steroid dienone is 2. The summed E-state index contributed by atoms with van der Waals surface area (Å²) in [6.45, 7) is 2.04. The van der Waals surface area contributed by atoms with Crippen LogP contribution in [0.5, 0.6) is 0 Å². The van der Waals surface area contributed by atoms with Crippen molar-refractivity contribution in [2.24, 2.45) is 5.92 Å². The third kappa shape index (κ3) is 2.25. The molecule has 0 bridgehead atoms. The number of fused-ring (bicyclic) bond motifs is 3. The first-order valence-corrected chi connectivity index (χ1v) is 7.56. The lowest BCUT2D eigenvalue weighted by atomic mass is 9.77. The van der Waals surface area contributed by atoms with E-state index in [4.69, 9.17) is 16.3 Å². The average molecular weight is 321 g/mol. The Morgan fingerprint density at radius 2 is 2.23 bits per heavy atom. The molecular weight excluding hydrogens is 306 g/mol. The molecule has 0 saturated carbocycles. The van der Waals surface area contributed by atoms with Crippen molar-refractivity contribution >= 4 is 29.2 Å². The van der Waals surface area contributed by atoms with Gasteiger partial charge in [0.1, 0.15) is 6.04 Å². The molecule has 0 fully saturated rings. The number of anilines is 1. The van der Waals surface area contributed by atoms with E-state index >= 15 is 0 Å². The first kappa shape index (κ1) is 14.9. The summed E-state index contributed by atoms with van der Waals surface area (Å²) in [6, 6.07) is 2.41. The van der Waals surface area contributed by atoms with Crippen LogP contribution < -0.4 is 10.4 Å². The molecule has 116 valence electrons. The van der Waals surface area contributed by atoms with Crippen LogP contribution in [0.25, 0.3) is 0 Å². The van der Waals surface area contributed by atoms with Gasteiger partial charge in [-0.3, -0.25) is 0 Å². The van der Waals surface area contributed by atoms with Crippen LogP contribution in [-0.4, -0.2) is 24.6 Å². The standard InChI is InChI=1S/C16H16ClNO4/c1-2-22-16(21)13-9-5-3-4-8(9)12-10(15(19)20)6-7-11(17)14(12)18-13/h3-4,6-9,13,18H,2,5H2,1H3,(H,19,20)/p-1/t8-,9-,13+/m1/s1. The fraction of sp³-hybridized carbons (Fsp3) is 0.375. The quantitative estimate of drug-likeness (QED) is 0.677. The molecule has 1 aromatic rings. The predicted molar refractivity (Wildman–Crippen MR) is 79.8 cm³/mol. The summed E-state index contributed by atoms with van der Waals surface area (Å²) in [5, 5.41) is 14.9. The highest BCUT2D eigenvalue weighted by Crippen LogP contribution is 2.48. The topological polar surface area (TPSA) is 78.5 Å². The summed E-state index contributed by atoms with van der Waals surface area (Å²) in [7, 11) is 0. The van der Waals surface area contributed by atoms with Crippen molar-refractivity contribution in [3.63, 3.8) is 0 Å². The number of carbonyl (C=O) groups excluding carboxylic acids is 2. The van der Waals surface area contributed by atoms with Gasteiger partial charge in [0.05, 0.1) is 23.3 Å². The van der Waals surface area contributed by atoms with Crippen molar-refractivity contribution in [1.29, 1.82) is 0 Å². The number of hydrogen-bond acceptors (Lipinski definition) is 5. The smallest absolute Gasteiger partial charge is 0.328 e. The van der Waals surface area contributed by atoms with Gasteiger partial charge >= 0.3 is 5.97 Å². The predicted octanol–water partition coefficient (Wildman–Crippen LogP) is 1.72. The van der Waals surface area contributed by atoms with Gasteiger partial charge in [0, 0.05) is 17.4 Å². The number of halogens is 1. The molecule has 0 amide bonds. The van der Waals surface area contributed by atoms with Crippen LogP contribution >= 0.6 is 11.6 Å². The maximum absolute atomic E-state index is 12.2. The zero-order valence-electron chi connectivity index (χ0n) is 12.0. The molecule has 1 N–H and O–H groups in total. The van der Waals surface area contributed by atoms with Crippen molar-refractivity contribution in [1.82, 2.24) is 0 Å². The molecule has 0 radical (unpaired) electrons. The van der Waals surface area contributed by atoms with Crippen LogP contribution in [0.1, 0.15) is 35.2 Å². The Balaban J connectivity index is 2.11. The number of aromatic carboxylic acids is 1. The Kier molecular flexibility index (Phi) is 3.83. The molecule has 0 aromatic heterocycles. The molecule has 1 aliphatic heterocycles. The fourth-order valence-corrected chi connectivity index (χ4v) is 3.54. The molecule has 0 spiro atoms. The summed E-state index contributed by atoms with van der Waals surface area (Å²) in [4.78, 5) is 23.6. The molecule has 3 atom stereocenters. The SMILES string of the molecule is CCOC(=O)[C@H]1Nc2c(Cl)ccc(C(=O)[O-])c2[C@@H]2C=CC[C@@H]12. The van der Waals surface area contributed by atoms with Crippen LogP contribution in [0.2, 0.25) is 5.02 Å². The molecule has 0 saturated heterocycles. The third-order valence-electron chi connectivity index (χ3n) is 4.23. The Bertz CT molecular complexity index is 670. The highest BCUT2D eigenvalue weighted by molar-refractivity contribution is 6.33. The van der Waals surface area contributed by atoms with Gasteiger partial charge < -0.3 is 20.0 Å². The van der Waals surface area contributed by atoms with Gasteiger partial charge in [-0.05, 0) is 25.0 Å². The number of benzene rings is 1. The number of hydrogen-bond donors (Lipinski definition) is 1. The zero-order valence-corrected chi connectivity index (χ0v) is 12.7. The van der Waals surface area contributed by atoms with Crippen molar-refractivity contribution in [3.8, 4) is 0 Å². The van der Waals surface area contributed by atoms with E-state index in [1.807, 2.05) is 12.2 Å². The van der Waals surface area contributed by atoms with Gasteiger partial charge in [0.15, 0.2) is 0 Å². The number of esters is 1. The van der Waals surface area contributed by atoms with Crippen molar-refractivity contribution < 1.29 is 19.4 Å². The molecule has 5 nitrogen and oxygen atoms in total. The number of carbonyl (C=O) groups is 2. The molecule has 1 aromatic carbocycles. The van der Waals surface area contributed by atoms with E-state index in [2.05, 4.69) is 5.32 Å². The first-order chi connectivity index (χ1) is 10.5. The minimum Gasteiger partial charge on any atom is -0.545 e. The van der Waals surface area contributed by atoms with Gasteiger partial charge in [-0.2, -0.15) is 0 Å². The Hall–Kier alpha value is -2.01. The number of rotatable bonds is 3. The van der Waals surface area contributed by atoms with Gasteiger partial charge in [0.25, 0.3) is 0 Å². The van der Waals surface area contributed by atoms with Gasteiger partial charge in [-0.1, -0.05) is 29.8 Å². The second-order valence-corrected chi connectivity index (χ2v) is 5.81. The maximum Gasteiger partial charge on any atom is 0.328 e. The van der Waals surface area contributed by atoms with E-state index in [1.165, 1.54) is 12.1 Å². The Morgan fingerprint density at radius 1 is 1.45 bits per heavy atom. The van der Waals surface area contributed by atoms with Crippen molar-refractivity contribution in [3.05, 3.63) is 40.4 Å². The normalized spacial score (nSPS) is 25.1. The number of carboxylic acid groups (broad SMARTS) is 1. The number of carboxylic acids is 1. The lowest BCUT2D eigenvalue weighted by Gasteiger charge is -2.37. The Labute approximate surface area is 132 Å². The summed E-state index contributed by atoms with van der Waals surface area (Å²) in [6.07, 6.45) is 4.57. The average Bonchev–Trinajstić information content (AvgIpc) is 2.96. The van der Waals surface area contributed by atoms with Gasteiger partial charge in [-0.15, -0.1) is 0 Å². The van der Waals surface area contributed by atoms with Crippen LogP contribution in [0, 0.1) is 5.92 Å². The maximum atomic E-state index is 12.2. The summed E-state index contributed by atoms with van der Waals surface area (Å²) >= 11 is 6.20. The summed E-state index contributed by atoms with van der Waals surface area (Å²) in [5.74, 6) is -1.86. The minimum absolute atomic E-state index is 0.0804. The van der Waals surface area contributed by atoms with E-state index in [0.29, 0.717) is 29.3 Å². The highest BCUT2D eigenvalue weighted by atomic mass is 35.5. The van der Waals surface area contributed by atoms with Crippen LogP contribution in [-0.2, 0) is 9.53 Å². The zero-order chi connectivity index (χ0) is 15.9. The molecule has 1 heterocycles. The number of nitrogens with one attached hydrogen (secondary N) is 1. The fourth-order valence-electron chi connectivity index (χ4n) is 3.32. The van der Waals surface area contributed by atoms with Crippen molar-refractivity contribution in [2.75, 3.05) is 11.9 Å². The first-order valence-electron chi connectivity index (χ1n) is 7.18. The molecular formula is C16H15ClNO4-. The van der Waals surface area contributed by atoms with E-state index in [-0.39, 0.29) is 23.4 Å². The van der Waals surface area contributed by atoms with E-state index in [9.17, 15) is 14.7 Å². The lowest BCUT2D eigenvalue weighted by molar-refractivity contribution is -0.255. The third-order valence-corrected chi connectivity index (χ3v) is 4.54. The van der Waals surface area contributed by atoms with E-state index < -0.39 is 12.0 Å².